The molecule has 0 aliphatic rings. The van der Waals surface area contributed by atoms with Crippen LogP contribution in [0.2, 0.25) is 0 Å². The number of hydrogen-bond donors (Lipinski definition) is 3. The van der Waals surface area contributed by atoms with Crippen molar-refractivity contribution in [3.8, 4) is 11.3 Å². The van der Waals surface area contributed by atoms with Crippen LogP contribution in [0.5, 0.6) is 0 Å². The van der Waals surface area contributed by atoms with E-state index in [0.29, 0.717) is 28.4 Å². The molecule has 164 valence electrons. The van der Waals surface area contributed by atoms with Gasteiger partial charge in [-0.1, -0.05) is 36.4 Å². The van der Waals surface area contributed by atoms with Crippen LogP contribution in [-0.4, -0.2) is 38.0 Å². The number of rotatable bonds is 6. The number of aryl methyl sites for hydroxylation is 1. The van der Waals surface area contributed by atoms with Gasteiger partial charge in [0.25, 0.3) is 0 Å². The number of benzene rings is 2. The molecule has 0 amide bonds. The maximum Gasteiger partial charge on any atom is 0.335 e. The highest BCUT2D eigenvalue weighted by Crippen LogP contribution is 2.21. The number of fused-ring (bicyclic) bond motifs is 1. The standard InChI is InChI=1S/C24H21N7O2/c1-14-5-2-9-18-21(14)29-24(25)30-22(18)20(31-26)13-27-12-17-8-4-10-19(28-17)15-6-3-7-16(11-15)23(32)33/h2-11,13H,12,26H2,1H3,(H,32,33)(H2,25,29,30). The van der Waals surface area contributed by atoms with E-state index < -0.39 is 5.97 Å². The average molecular weight is 439 g/mol. The van der Waals surface area contributed by atoms with Gasteiger partial charge in [0, 0.05) is 10.9 Å². The zero-order valence-corrected chi connectivity index (χ0v) is 17.8. The van der Waals surface area contributed by atoms with Crippen molar-refractivity contribution >= 4 is 34.7 Å². The molecule has 5 N–H and O–H groups in total. The van der Waals surface area contributed by atoms with Crippen LogP contribution in [0.1, 0.15) is 27.3 Å². The van der Waals surface area contributed by atoms with Crippen molar-refractivity contribution in [3.63, 3.8) is 0 Å². The van der Waals surface area contributed by atoms with Gasteiger partial charge in [0.15, 0.2) is 0 Å². The third-order valence-corrected chi connectivity index (χ3v) is 5.01. The van der Waals surface area contributed by atoms with Crippen LogP contribution in [0.25, 0.3) is 22.2 Å². The van der Waals surface area contributed by atoms with Crippen LogP contribution >= 0.6 is 0 Å². The van der Waals surface area contributed by atoms with E-state index in [1.165, 1.54) is 6.21 Å². The molecule has 0 unspecified atom stereocenters. The predicted molar refractivity (Wildman–Crippen MR) is 128 cm³/mol. The Kier molecular flexibility index (Phi) is 6.03. The first-order chi connectivity index (χ1) is 16.0. The van der Waals surface area contributed by atoms with E-state index in [1.54, 1.807) is 18.2 Å². The van der Waals surface area contributed by atoms with Gasteiger partial charge in [-0.2, -0.15) is 5.10 Å². The summed E-state index contributed by atoms with van der Waals surface area (Å²) >= 11 is 0. The SMILES string of the molecule is Cc1cccc2c(C(C=NCc3cccc(-c4cccc(C(=O)O)c4)n3)=NN)nc(N)nc12. The molecule has 9 heteroatoms. The summed E-state index contributed by atoms with van der Waals surface area (Å²) in [4.78, 5) is 28.9. The van der Waals surface area contributed by atoms with E-state index in [1.807, 2.05) is 49.4 Å². The third-order valence-electron chi connectivity index (χ3n) is 5.01. The van der Waals surface area contributed by atoms with Crippen molar-refractivity contribution in [1.82, 2.24) is 15.0 Å². The molecule has 2 aromatic carbocycles. The Balaban J connectivity index is 1.59. The molecule has 2 heterocycles. The van der Waals surface area contributed by atoms with Gasteiger partial charge in [-0.25, -0.2) is 14.8 Å². The Morgan fingerprint density at radius 1 is 1.06 bits per heavy atom. The third kappa shape index (κ3) is 4.67. The number of pyridine rings is 1. The minimum absolute atomic E-state index is 0.124. The lowest BCUT2D eigenvalue weighted by Crippen LogP contribution is -2.12. The van der Waals surface area contributed by atoms with Gasteiger partial charge >= 0.3 is 5.97 Å². The van der Waals surface area contributed by atoms with Gasteiger partial charge in [0.1, 0.15) is 11.4 Å². The van der Waals surface area contributed by atoms with E-state index in [0.717, 1.165) is 16.5 Å². The molecule has 2 aromatic heterocycles. The maximum atomic E-state index is 11.2. The molecule has 33 heavy (non-hydrogen) atoms. The van der Waals surface area contributed by atoms with E-state index in [-0.39, 0.29) is 18.1 Å². The number of hydrazone groups is 1. The molecule has 0 atom stereocenters. The van der Waals surface area contributed by atoms with E-state index in [9.17, 15) is 9.90 Å². The second kappa shape index (κ2) is 9.23. The molecule has 0 aliphatic carbocycles. The number of aliphatic imine (C=N–C) groups is 1. The number of anilines is 1. The van der Waals surface area contributed by atoms with Crippen LogP contribution in [0.15, 0.2) is 70.8 Å². The van der Waals surface area contributed by atoms with Crippen LogP contribution in [0, 0.1) is 6.92 Å². The van der Waals surface area contributed by atoms with Crippen molar-refractivity contribution in [3.05, 3.63) is 83.2 Å². The predicted octanol–water partition coefficient (Wildman–Crippen LogP) is 3.21. The molecule has 0 saturated carbocycles. The minimum atomic E-state index is -0.987. The average Bonchev–Trinajstić information content (AvgIpc) is 2.82. The Morgan fingerprint density at radius 3 is 2.64 bits per heavy atom. The number of hydrogen-bond acceptors (Lipinski definition) is 8. The summed E-state index contributed by atoms with van der Waals surface area (Å²) in [5.74, 6) is 4.77. The topological polar surface area (TPSA) is 153 Å². The molecule has 0 radical (unpaired) electrons. The summed E-state index contributed by atoms with van der Waals surface area (Å²) < 4.78 is 0. The zero-order chi connectivity index (χ0) is 23.4. The summed E-state index contributed by atoms with van der Waals surface area (Å²) in [7, 11) is 0. The highest BCUT2D eigenvalue weighted by molar-refractivity contribution is 6.40. The van der Waals surface area contributed by atoms with Gasteiger partial charge in [-0.15, -0.1) is 0 Å². The molecule has 4 aromatic rings. The first-order valence-corrected chi connectivity index (χ1v) is 10.1. The number of para-hydroxylation sites is 1. The molecule has 0 aliphatic heterocycles. The number of carboxylic acids is 1. The molecule has 0 bridgehead atoms. The second-order valence-electron chi connectivity index (χ2n) is 7.29. The summed E-state index contributed by atoms with van der Waals surface area (Å²) in [6, 6.07) is 17.9. The van der Waals surface area contributed by atoms with Gasteiger partial charge in [0.05, 0.1) is 35.2 Å². The van der Waals surface area contributed by atoms with Gasteiger partial charge in [-0.3, -0.25) is 9.98 Å². The van der Waals surface area contributed by atoms with Gasteiger partial charge < -0.3 is 16.7 Å². The Bertz CT molecular complexity index is 1410. The number of carboxylic acid groups (broad SMARTS) is 1. The Labute approximate surface area is 189 Å². The van der Waals surface area contributed by atoms with Crippen LogP contribution < -0.4 is 11.6 Å². The van der Waals surface area contributed by atoms with E-state index >= 15 is 0 Å². The first kappa shape index (κ1) is 21.6. The summed E-state index contributed by atoms with van der Waals surface area (Å²) in [6.45, 7) is 2.21. The summed E-state index contributed by atoms with van der Waals surface area (Å²) in [6.07, 6.45) is 1.53. The van der Waals surface area contributed by atoms with Crippen LogP contribution in [0.4, 0.5) is 5.95 Å². The van der Waals surface area contributed by atoms with Gasteiger partial charge in [0.2, 0.25) is 5.95 Å². The lowest BCUT2D eigenvalue weighted by atomic mass is 10.1. The number of aromatic nitrogens is 3. The fourth-order valence-corrected chi connectivity index (χ4v) is 3.43. The molecule has 0 saturated heterocycles. The Hall–Kier alpha value is -4.66. The van der Waals surface area contributed by atoms with Crippen molar-refractivity contribution in [2.24, 2.45) is 15.9 Å². The largest absolute Gasteiger partial charge is 0.478 e. The molecule has 0 spiro atoms. The lowest BCUT2D eigenvalue weighted by Gasteiger charge is -2.08. The molecular weight excluding hydrogens is 418 g/mol. The molecule has 4 rings (SSSR count). The minimum Gasteiger partial charge on any atom is -0.478 e. The monoisotopic (exact) mass is 439 g/mol. The number of nitrogens with two attached hydrogens (primary N) is 2. The fourth-order valence-electron chi connectivity index (χ4n) is 3.43. The number of carbonyl (C=O) groups is 1. The highest BCUT2D eigenvalue weighted by atomic mass is 16.4. The number of aromatic carboxylic acids is 1. The quantitative estimate of drug-likeness (QED) is 0.237. The summed E-state index contributed by atoms with van der Waals surface area (Å²) in [5, 5.41) is 13.8. The van der Waals surface area contributed by atoms with Crippen LogP contribution in [-0.2, 0) is 6.54 Å². The molecular formula is C24H21N7O2. The van der Waals surface area contributed by atoms with Crippen molar-refractivity contribution in [2.45, 2.75) is 13.5 Å². The smallest absolute Gasteiger partial charge is 0.335 e. The summed E-state index contributed by atoms with van der Waals surface area (Å²) in [5.41, 5.74) is 10.7. The number of nitrogens with zero attached hydrogens (tertiary/aromatic N) is 5. The second-order valence-corrected chi connectivity index (χ2v) is 7.29. The van der Waals surface area contributed by atoms with Crippen molar-refractivity contribution in [2.75, 3.05) is 5.73 Å². The molecule has 9 nitrogen and oxygen atoms in total. The fraction of sp³-hybridized carbons (Fsp3) is 0.0833. The Morgan fingerprint density at radius 2 is 1.85 bits per heavy atom. The maximum absolute atomic E-state index is 11.2. The van der Waals surface area contributed by atoms with E-state index in [4.69, 9.17) is 11.6 Å². The van der Waals surface area contributed by atoms with Crippen molar-refractivity contribution < 1.29 is 9.90 Å². The highest BCUT2D eigenvalue weighted by Gasteiger charge is 2.12. The van der Waals surface area contributed by atoms with Gasteiger partial charge in [-0.05, 0) is 36.8 Å². The van der Waals surface area contributed by atoms with Crippen molar-refractivity contribution in [1.29, 1.82) is 0 Å². The lowest BCUT2D eigenvalue weighted by molar-refractivity contribution is 0.0697. The normalized spacial score (nSPS) is 11.8. The zero-order valence-electron chi connectivity index (χ0n) is 17.8. The first-order valence-electron chi connectivity index (χ1n) is 10.1. The van der Waals surface area contributed by atoms with E-state index in [2.05, 4.69) is 25.0 Å². The number of nitrogen functional groups attached to an aromatic ring is 1. The van der Waals surface area contributed by atoms with Crippen LogP contribution in [0.3, 0.4) is 0 Å². The molecule has 0 fully saturated rings.